The quantitative estimate of drug-likeness (QED) is 0.918. The van der Waals surface area contributed by atoms with Crippen LogP contribution in [0.15, 0.2) is 29.6 Å². The van der Waals surface area contributed by atoms with Gasteiger partial charge < -0.3 is 10.0 Å². The molecule has 0 radical (unpaired) electrons. The van der Waals surface area contributed by atoms with Gasteiger partial charge in [-0.15, -0.1) is 11.3 Å². The number of nitrogens with zero attached hydrogens (tertiary/aromatic N) is 1. The lowest BCUT2D eigenvalue weighted by Gasteiger charge is -2.29. The number of halogens is 1. The van der Waals surface area contributed by atoms with E-state index in [0.29, 0.717) is 5.02 Å². The Kier molecular flexibility index (Phi) is 3.21. The smallest absolute Gasteiger partial charge is 0.337 e. The molecule has 0 bridgehead atoms. The zero-order valence-corrected chi connectivity index (χ0v) is 11.7. The largest absolute Gasteiger partial charge is 0.478 e. The summed E-state index contributed by atoms with van der Waals surface area (Å²) in [5, 5.41) is 11.4. The molecule has 98 valence electrons. The van der Waals surface area contributed by atoms with Crippen molar-refractivity contribution in [2.75, 3.05) is 11.4 Å². The van der Waals surface area contributed by atoms with Crippen molar-refractivity contribution in [1.29, 1.82) is 0 Å². The second kappa shape index (κ2) is 4.87. The third-order valence-corrected chi connectivity index (χ3v) is 4.69. The predicted octanol–water partition coefficient (Wildman–Crippen LogP) is 3.66. The molecule has 3 nitrogen and oxygen atoms in total. The van der Waals surface area contributed by atoms with Crippen molar-refractivity contribution in [3.63, 3.8) is 0 Å². The Balaban J connectivity index is 1.88. The van der Waals surface area contributed by atoms with Crippen LogP contribution < -0.4 is 4.90 Å². The standard InChI is InChI=1S/C14H12ClNO2S/c15-12-7-10(1-2-11(12)14(17)18)16-5-3-13-9(8-16)4-6-19-13/h1-2,4,6-7H,3,5,8H2,(H,17,18). The number of benzene rings is 1. The van der Waals surface area contributed by atoms with Gasteiger partial charge in [0.15, 0.2) is 0 Å². The van der Waals surface area contributed by atoms with Gasteiger partial charge in [-0.05, 0) is 41.6 Å². The fourth-order valence-electron chi connectivity index (χ4n) is 2.34. The van der Waals surface area contributed by atoms with Gasteiger partial charge in [0, 0.05) is 23.7 Å². The minimum absolute atomic E-state index is 0.152. The summed E-state index contributed by atoms with van der Waals surface area (Å²) in [5.41, 5.74) is 2.49. The fourth-order valence-corrected chi connectivity index (χ4v) is 3.49. The van der Waals surface area contributed by atoms with Crippen LogP contribution in [0.3, 0.4) is 0 Å². The van der Waals surface area contributed by atoms with Crippen molar-refractivity contribution in [2.45, 2.75) is 13.0 Å². The van der Waals surface area contributed by atoms with E-state index in [1.54, 1.807) is 23.5 Å². The molecular formula is C14H12ClNO2S. The first-order valence-corrected chi connectivity index (χ1v) is 7.24. The van der Waals surface area contributed by atoms with Crippen molar-refractivity contribution in [3.05, 3.63) is 50.7 Å². The van der Waals surface area contributed by atoms with Gasteiger partial charge in [-0.1, -0.05) is 11.6 Å². The number of aromatic carboxylic acids is 1. The Morgan fingerprint density at radius 2 is 2.21 bits per heavy atom. The van der Waals surface area contributed by atoms with Gasteiger partial charge in [-0.3, -0.25) is 0 Å². The third-order valence-electron chi connectivity index (χ3n) is 3.36. The molecule has 0 saturated heterocycles. The topological polar surface area (TPSA) is 40.5 Å². The van der Waals surface area contributed by atoms with E-state index in [4.69, 9.17) is 16.7 Å². The first kappa shape index (κ1) is 12.5. The average Bonchev–Trinajstić information content (AvgIpc) is 2.85. The molecule has 0 unspecified atom stereocenters. The SMILES string of the molecule is O=C(O)c1ccc(N2CCc3sccc3C2)cc1Cl. The molecule has 0 atom stereocenters. The minimum atomic E-state index is -0.990. The molecule has 5 heteroatoms. The summed E-state index contributed by atoms with van der Waals surface area (Å²) >= 11 is 7.82. The van der Waals surface area contributed by atoms with Crippen LogP contribution in [0.4, 0.5) is 5.69 Å². The summed E-state index contributed by atoms with van der Waals surface area (Å²) < 4.78 is 0. The monoisotopic (exact) mass is 293 g/mol. The van der Waals surface area contributed by atoms with E-state index in [1.165, 1.54) is 10.4 Å². The van der Waals surface area contributed by atoms with Crippen LogP contribution in [0, 0.1) is 0 Å². The number of carboxylic acid groups (broad SMARTS) is 1. The van der Waals surface area contributed by atoms with Crippen molar-refractivity contribution < 1.29 is 9.90 Å². The Labute approximate surface area is 120 Å². The first-order valence-electron chi connectivity index (χ1n) is 5.98. The van der Waals surface area contributed by atoms with Gasteiger partial charge in [-0.25, -0.2) is 4.79 Å². The molecule has 0 saturated carbocycles. The lowest BCUT2D eigenvalue weighted by Crippen LogP contribution is -2.29. The maximum Gasteiger partial charge on any atom is 0.337 e. The van der Waals surface area contributed by atoms with Gasteiger partial charge in [0.25, 0.3) is 0 Å². The number of carboxylic acids is 1. The number of carbonyl (C=O) groups is 1. The zero-order chi connectivity index (χ0) is 13.4. The zero-order valence-electron chi connectivity index (χ0n) is 10.1. The van der Waals surface area contributed by atoms with Gasteiger partial charge in [0.05, 0.1) is 10.6 Å². The summed E-state index contributed by atoms with van der Waals surface area (Å²) in [6.07, 6.45) is 1.03. The van der Waals surface area contributed by atoms with E-state index in [2.05, 4.69) is 16.3 Å². The highest BCUT2D eigenvalue weighted by Gasteiger charge is 2.18. The highest BCUT2D eigenvalue weighted by atomic mass is 35.5. The molecule has 1 aromatic carbocycles. The third kappa shape index (κ3) is 2.33. The van der Waals surface area contributed by atoms with E-state index in [1.807, 2.05) is 6.07 Å². The summed E-state index contributed by atoms with van der Waals surface area (Å²) in [6, 6.07) is 7.29. The fraction of sp³-hybridized carbons (Fsp3) is 0.214. The van der Waals surface area contributed by atoms with Gasteiger partial charge in [0.2, 0.25) is 0 Å². The second-order valence-electron chi connectivity index (χ2n) is 4.51. The van der Waals surface area contributed by atoms with Crippen LogP contribution in [-0.4, -0.2) is 17.6 Å². The molecule has 0 amide bonds. The molecule has 2 aromatic rings. The molecule has 0 aliphatic carbocycles. The van der Waals surface area contributed by atoms with Crippen molar-refractivity contribution >= 4 is 34.6 Å². The van der Waals surface area contributed by atoms with Crippen LogP contribution in [0.25, 0.3) is 0 Å². The maximum atomic E-state index is 10.9. The molecule has 2 heterocycles. The summed E-state index contributed by atoms with van der Waals surface area (Å²) in [7, 11) is 0. The van der Waals surface area contributed by atoms with Gasteiger partial charge in [0.1, 0.15) is 0 Å². The Morgan fingerprint density at radius 3 is 2.95 bits per heavy atom. The van der Waals surface area contributed by atoms with Crippen LogP contribution >= 0.6 is 22.9 Å². The molecular weight excluding hydrogens is 282 g/mol. The number of hydrogen-bond donors (Lipinski definition) is 1. The minimum Gasteiger partial charge on any atom is -0.478 e. The molecule has 1 aromatic heterocycles. The lowest BCUT2D eigenvalue weighted by atomic mass is 10.1. The molecule has 19 heavy (non-hydrogen) atoms. The van der Waals surface area contributed by atoms with E-state index in [0.717, 1.165) is 25.2 Å². The van der Waals surface area contributed by atoms with Crippen molar-refractivity contribution in [3.8, 4) is 0 Å². The Morgan fingerprint density at radius 1 is 1.37 bits per heavy atom. The van der Waals surface area contributed by atoms with Crippen molar-refractivity contribution in [2.24, 2.45) is 0 Å². The Hall–Kier alpha value is -1.52. The highest BCUT2D eigenvalue weighted by Crippen LogP contribution is 2.30. The average molecular weight is 294 g/mol. The van der Waals surface area contributed by atoms with Crippen LogP contribution in [0.1, 0.15) is 20.8 Å². The normalized spacial score (nSPS) is 14.3. The van der Waals surface area contributed by atoms with Crippen LogP contribution in [0.2, 0.25) is 5.02 Å². The van der Waals surface area contributed by atoms with E-state index in [9.17, 15) is 4.79 Å². The Bertz CT molecular complexity index is 638. The summed E-state index contributed by atoms with van der Waals surface area (Å²) in [6.45, 7) is 1.80. The molecule has 3 rings (SSSR count). The van der Waals surface area contributed by atoms with Crippen LogP contribution in [0.5, 0.6) is 0 Å². The maximum absolute atomic E-state index is 10.9. The predicted molar refractivity (Wildman–Crippen MR) is 77.5 cm³/mol. The number of thiophene rings is 1. The lowest BCUT2D eigenvalue weighted by molar-refractivity contribution is 0.0697. The number of hydrogen-bond acceptors (Lipinski definition) is 3. The molecule has 1 aliphatic heterocycles. The van der Waals surface area contributed by atoms with E-state index in [-0.39, 0.29) is 5.56 Å². The van der Waals surface area contributed by atoms with Gasteiger partial charge >= 0.3 is 5.97 Å². The molecule has 0 fully saturated rings. The first-order chi connectivity index (χ1) is 9.15. The molecule has 0 spiro atoms. The number of anilines is 1. The van der Waals surface area contributed by atoms with Crippen LogP contribution in [-0.2, 0) is 13.0 Å². The van der Waals surface area contributed by atoms with Gasteiger partial charge in [-0.2, -0.15) is 0 Å². The van der Waals surface area contributed by atoms with Crippen molar-refractivity contribution in [1.82, 2.24) is 0 Å². The van der Waals surface area contributed by atoms with E-state index < -0.39 is 5.97 Å². The summed E-state index contributed by atoms with van der Waals surface area (Å²) in [4.78, 5) is 14.6. The van der Waals surface area contributed by atoms with E-state index >= 15 is 0 Å². The second-order valence-corrected chi connectivity index (χ2v) is 5.92. The highest BCUT2D eigenvalue weighted by molar-refractivity contribution is 7.10. The number of rotatable bonds is 2. The number of fused-ring (bicyclic) bond motifs is 1. The molecule has 1 N–H and O–H groups in total. The summed E-state index contributed by atoms with van der Waals surface area (Å²) in [5.74, 6) is -0.990. The molecule has 1 aliphatic rings.